The lowest BCUT2D eigenvalue weighted by Crippen LogP contribution is -2.10. The van der Waals surface area contributed by atoms with Crippen molar-refractivity contribution in [3.8, 4) is 0 Å². The average Bonchev–Trinajstić information content (AvgIpc) is 2.29. The second kappa shape index (κ2) is 4.44. The molecule has 0 aliphatic carbocycles. The van der Waals surface area contributed by atoms with Crippen molar-refractivity contribution in [1.82, 2.24) is 15.0 Å². The molecule has 17 heavy (non-hydrogen) atoms. The van der Waals surface area contributed by atoms with Crippen LogP contribution in [0.4, 0.5) is 17.6 Å². The van der Waals surface area contributed by atoms with E-state index >= 15 is 0 Å². The summed E-state index contributed by atoms with van der Waals surface area (Å²) in [6, 6.07) is 6.60. The van der Waals surface area contributed by atoms with Crippen molar-refractivity contribution in [1.29, 1.82) is 0 Å². The fraction of sp³-hybridized carbons (Fsp3) is 0. The first-order valence-electron chi connectivity index (χ1n) is 4.76. The number of nitrogens with one attached hydrogen (secondary N) is 1. The van der Waals surface area contributed by atoms with E-state index in [9.17, 15) is 4.79 Å². The summed E-state index contributed by atoms with van der Waals surface area (Å²) < 4.78 is 0. The van der Waals surface area contributed by atoms with Gasteiger partial charge in [0, 0.05) is 11.3 Å². The van der Waals surface area contributed by atoms with Crippen LogP contribution in [-0.4, -0.2) is 20.9 Å². The van der Waals surface area contributed by atoms with Gasteiger partial charge < -0.3 is 16.8 Å². The van der Waals surface area contributed by atoms with Crippen LogP contribution in [0.1, 0.15) is 10.4 Å². The number of aromatic nitrogens is 3. The number of rotatable bonds is 3. The first kappa shape index (κ1) is 10.8. The number of nitrogens with two attached hydrogens (primary N) is 2. The minimum absolute atomic E-state index is 0.135. The zero-order valence-corrected chi connectivity index (χ0v) is 8.79. The Kier molecular flexibility index (Phi) is 2.82. The van der Waals surface area contributed by atoms with Crippen molar-refractivity contribution in [2.75, 3.05) is 11.1 Å². The van der Waals surface area contributed by atoms with Gasteiger partial charge in [-0.25, -0.2) is 9.97 Å². The highest BCUT2D eigenvalue weighted by Crippen LogP contribution is 2.13. The first-order valence-corrected chi connectivity index (χ1v) is 4.76. The van der Waals surface area contributed by atoms with Crippen LogP contribution in [0.2, 0.25) is 0 Å². The highest BCUT2D eigenvalue weighted by Gasteiger charge is 2.01. The maximum atomic E-state index is 10.9. The fourth-order valence-corrected chi connectivity index (χ4v) is 1.22. The van der Waals surface area contributed by atoms with Gasteiger partial charge in [0.05, 0.1) is 0 Å². The lowest BCUT2D eigenvalue weighted by molar-refractivity contribution is 0.100. The molecule has 0 radical (unpaired) electrons. The Labute approximate surface area is 96.9 Å². The second-order valence-corrected chi connectivity index (χ2v) is 3.23. The van der Waals surface area contributed by atoms with E-state index in [1.165, 1.54) is 6.33 Å². The molecule has 1 heterocycles. The Morgan fingerprint density at radius 2 is 1.88 bits per heavy atom. The number of amides is 1. The molecule has 86 valence electrons. The Morgan fingerprint density at radius 1 is 1.18 bits per heavy atom. The van der Waals surface area contributed by atoms with Crippen LogP contribution >= 0.6 is 0 Å². The van der Waals surface area contributed by atoms with E-state index < -0.39 is 5.91 Å². The number of nitrogens with zero attached hydrogens (tertiary/aromatic N) is 3. The zero-order valence-electron chi connectivity index (χ0n) is 8.79. The molecule has 5 N–H and O–H groups in total. The number of hydrogen-bond acceptors (Lipinski definition) is 6. The number of anilines is 3. The van der Waals surface area contributed by atoms with E-state index in [0.717, 1.165) is 5.69 Å². The number of hydrogen-bond donors (Lipinski definition) is 3. The number of primary amides is 1. The fourth-order valence-electron chi connectivity index (χ4n) is 1.22. The standard InChI is InChI=1S/C10H10N6O/c11-8(17)6-1-3-7(4-2-6)15-10-14-5-13-9(12)16-10/h1-5H,(H2,11,17)(H3,12,13,14,15,16). The van der Waals surface area contributed by atoms with E-state index in [0.29, 0.717) is 11.5 Å². The van der Waals surface area contributed by atoms with E-state index in [1.807, 2.05) is 0 Å². The SMILES string of the molecule is NC(=O)c1ccc(Nc2ncnc(N)n2)cc1. The third-order valence-electron chi connectivity index (χ3n) is 2.02. The molecular formula is C10H10N6O. The number of nitrogen functional groups attached to an aromatic ring is 1. The third-order valence-corrected chi connectivity index (χ3v) is 2.02. The first-order chi connectivity index (χ1) is 8.15. The van der Waals surface area contributed by atoms with E-state index in [2.05, 4.69) is 20.3 Å². The Morgan fingerprint density at radius 3 is 2.47 bits per heavy atom. The summed E-state index contributed by atoms with van der Waals surface area (Å²) in [5.74, 6) is 0.00142. The van der Waals surface area contributed by atoms with Gasteiger partial charge in [-0.3, -0.25) is 4.79 Å². The Bertz CT molecular complexity index is 539. The van der Waals surface area contributed by atoms with Crippen LogP contribution in [0.25, 0.3) is 0 Å². The van der Waals surface area contributed by atoms with Gasteiger partial charge in [0.25, 0.3) is 0 Å². The van der Waals surface area contributed by atoms with Gasteiger partial charge in [-0.15, -0.1) is 0 Å². The van der Waals surface area contributed by atoms with Gasteiger partial charge >= 0.3 is 0 Å². The molecule has 7 heteroatoms. The highest BCUT2D eigenvalue weighted by atomic mass is 16.1. The lowest BCUT2D eigenvalue weighted by atomic mass is 10.2. The minimum atomic E-state index is -0.471. The van der Waals surface area contributed by atoms with Gasteiger partial charge in [0.2, 0.25) is 17.8 Å². The molecule has 1 amide bonds. The van der Waals surface area contributed by atoms with E-state index in [-0.39, 0.29) is 5.95 Å². The van der Waals surface area contributed by atoms with Crippen molar-refractivity contribution < 1.29 is 4.79 Å². The van der Waals surface area contributed by atoms with E-state index in [4.69, 9.17) is 11.5 Å². The summed E-state index contributed by atoms with van der Waals surface area (Å²) in [5.41, 5.74) is 11.7. The van der Waals surface area contributed by atoms with Crippen LogP contribution in [0.3, 0.4) is 0 Å². The van der Waals surface area contributed by atoms with Crippen molar-refractivity contribution in [2.45, 2.75) is 0 Å². The summed E-state index contributed by atoms with van der Waals surface area (Å²) >= 11 is 0. The predicted molar refractivity (Wildman–Crippen MR) is 62.5 cm³/mol. The lowest BCUT2D eigenvalue weighted by Gasteiger charge is -2.04. The molecule has 0 bridgehead atoms. The van der Waals surface area contributed by atoms with Gasteiger partial charge in [-0.2, -0.15) is 4.98 Å². The van der Waals surface area contributed by atoms with Crippen LogP contribution in [0.5, 0.6) is 0 Å². The zero-order chi connectivity index (χ0) is 12.3. The number of carbonyl (C=O) groups is 1. The van der Waals surface area contributed by atoms with Gasteiger partial charge in [-0.05, 0) is 24.3 Å². The summed E-state index contributed by atoms with van der Waals surface area (Å²) in [7, 11) is 0. The molecule has 7 nitrogen and oxygen atoms in total. The Balaban J connectivity index is 2.16. The highest BCUT2D eigenvalue weighted by molar-refractivity contribution is 5.93. The molecule has 0 fully saturated rings. The molecule has 0 aliphatic rings. The monoisotopic (exact) mass is 230 g/mol. The molecule has 0 aliphatic heterocycles. The van der Waals surface area contributed by atoms with Gasteiger partial charge in [0.15, 0.2) is 0 Å². The number of benzene rings is 1. The largest absolute Gasteiger partial charge is 0.368 e. The molecule has 0 saturated carbocycles. The van der Waals surface area contributed by atoms with Crippen LogP contribution in [0, 0.1) is 0 Å². The predicted octanol–water partition coefficient (Wildman–Crippen LogP) is 0.296. The van der Waals surface area contributed by atoms with Crippen molar-refractivity contribution in [3.63, 3.8) is 0 Å². The molecule has 1 aromatic carbocycles. The van der Waals surface area contributed by atoms with Gasteiger partial charge in [0.1, 0.15) is 6.33 Å². The summed E-state index contributed by atoms with van der Waals surface area (Å²) in [6.07, 6.45) is 1.31. The van der Waals surface area contributed by atoms with Crippen LogP contribution in [-0.2, 0) is 0 Å². The smallest absolute Gasteiger partial charge is 0.248 e. The van der Waals surface area contributed by atoms with Crippen LogP contribution in [0.15, 0.2) is 30.6 Å². The van der Waals surface area contributed by atoms with Crippen molar-refractivity contribution in [3.05, 3.63) is 36.2 Å². The molecular weight excluding hydrogens is 220 g/mol. The normalized spacial score (nSPS) is 9.88. The quantitative estimate of drug-likeness (QED) is 0.697. The molecule has 1 aromatic heterocycles. The molecule has 0 spiro atoms. The maximum Gasteiger partial charge on any atom is 0.248 e. The Hall–Kier alpha value is -2.70. The minimum Gasteiger partial charge on any atom is -0.368 e. The summed E-state index contributed by atoms with van der Waals surface area (Å²) in [6.45, 7) is 0. The molecule has 2 rings (SSSR count). The average molecular weight is 230 g/mol. The topological polar surface area (TPSA) is 120 Å². The second-order valence-electron chi connectivity index (χ2n) is 3.23. The molecule has 0 saturated heterocycles. The summed E-state index contributed by atoms with van der Waals surface area (Å²) in [5, 5.41) is 2.92. The maximum absolute atomic E-state index is 10.9. The molecule has 0 atom stereocenters. The van der Waals surface area contributed by atoms with Crippen LogP contribution < -0.4 is 16.8 Å². The van der Waals surface area contributed by atoms with Crippen molar-refractivity contribution in [2.24, 2.45) is 5.73 Å². The number of carbonyl (C=O) groups excluding carboxylic acids is 1. The molecule has 0 unspecified atom stereocenters. The van der Waals surface area contributed by atoms with E-state index in [1.54, 1.807) is 24.3 Å². The van der Waals surface area contributed by atoms with Gasteiger partial charge in [-0.1, -0.05) is 0 Å². The van der Waals surface area contributed by atoms with Crippen molar-refractivity contribution >= 4 is 23.5 Å². The third kappa shape index (κ3) is 2.65. The summed E-state index contributed by atoms with van der Waals surface area (Å²) in [4.78, 5) is 22.3. The molecule has 2 aromatic rings.